The summed E-state index contributed by atoms with van der Waals surface area (Å²) in [6.07, 6.45) is 7.32. The first kappa shape index (κ1) is 17.7. The average molecular weight is 371 g/mol. The Bertz CT molecular complexity index is 1090. The van der Waals surface area contributed by atoms with Crippen LogP contribution in [-0.2, 0) is 6.54 Å². The zero-order valence-electron chi connectivity index (χ0n) is 15.6. The van der Waals surface area contributed by atoms with Crippen LogP contribution in [0.5, 0.6) is 0 Å². The average Bonchev–Trinajstić information content (AvgIpc) is 3.06. The second kappa shape index (κ2) is 7.92. The van der Waals surface area contributed by atoms with Gasteiger partial charge in [-0.15, -0.1) is 0 Å². The number of aromatic nitrogens is 3. The van der Waals surface area contributed by atoms with Crippen molar-refractivity contribution in [2.45, 2.75) is 13.5 Å². The number of carbonyl (C=O) groups excluding carboxylic acids is 1. The summed E-state index contributed by atoms with van der Waals surface area (Å²) in [6, 6.07) is 16.0. The van der Waals surface area contributed by atoms with E-state index >= 15 is 0 Å². The summed E-state index contributed by atoms with van der Waals surface area (Å²) in [5.41, 5.74) is 5.57. The van der Waals surface area contributed by atoms with E-state index in [1.807, 2.05) is 55.8 Å². The second-order valence-corrected chi connectivity index (χ2v) is 6.47. The van der Waals surface area contributed by atoms with Crippen molar-refractivity contribution in [2.75, 3.05) is 11.9 Å². The van der Waals surface area contributed by atoms with Gasteiger partial charge >= 0.3 is 6.03 Å². The zero-order valence-corrected chi connectivity index (χ0v) is 15.6. The van der Waals surface area contributed by atoms with E-state index in [2.05, 4.69) is 43.4 Å². The SMILES string of the molecule is CCNC(=O)Nc1cn(Cc2ccccc2)c2cc(-c3cccnc3)cnc12. The Morgan fingerprint density at radius 2 is 1.93 bits per heavy atom. The van der Waals surface area contributed by atoms with Crippen LogP contribution in [0.1, 0.15) is 12.5 Å². The standard InChI is InChI=1S/C22H21N5O/c1-2-24-22(28)26-19-15-27(14-16-7-4-3-5-8-16)20-11-18(13-25-21(19)20)17-9-6-10-23-12-17/h3-13,15H,2,14H2,1H3,(H2,24,26,28). The highest BCUT2D eigenvalue weighted by atomic mass is 16.2. The molecule has 0 saturated carbocycles. The molecule has 6 nitrogen and oxygen atoms in total. The van der Waals surface area contributed by atoms with E-state index in [0.29, 0.717) is 18.8 Å². The molecule has 0 spiro atoms. The maximum Gasteiger partial charge on any atom is 0.319 e. The number of nitrogens with zero attached hydrogens (tertiary/aromatic N) is 3. The highest BCUT2D eigenvalue weighted by Crippen LogP contribution is 2.29. The Labute approximate surface area is 163 Å². The molecule has 28 heavy (non-hydrogen) atoms. The summed E-state index contributed by atoms with van der Waals surface area (Å²) in [7, 11) is 0. The Kier molecular flexibility index (Phi) is 5.01. The highest BCUT2D eigenvalue weighted by Gasteiger charge is 2.14. The minimum Gasteiger partial charge on any atom is -0.340 e. The van der Waals surface area contributed by atoms with Gasteiger partial charge in [-0.05, 0) is 24.6 Å². The topological polar surface area (TPSA) is 71.8 Å². The van der Waals surface area contributed by atoms with Gasteiger partial charge in [0.25, 0.3) is 0 Å². The van der Waals surface area contributed by atoms with Crippen LogP contribution in [0.3, 0.4) is 0 Å². The molecule has 0 fully saturated rings. The molecule has 0 aliphatic carbocycles. The molecular formula is C22H21N5O. The smallest absolute Gasteiger partial charge is 0.319 e. The van der Waals surface area contributed by atoms with Gasteiger partial charge in [-0.1, -0.05) is 36.4 Å². The van der Waals surface area contributed by atoms with Crippen LogP contribution in [0.2, 0.25) is 0 Å². The van der Waals surface area contributed by atoms with Crippen molar-refractivity contribution in [3.05, 3.63) is 78.9 Å². The Morgan fingerprint density at radius 1 is 1.07 bits per heavy atom. The predicted octanol–water partition coefficient (Wildman–Crippen LogP) is 4.29. The molecule has 3 heterocycles. The van der Waals surface area contributed by atoms with Crippen LogP contribution < -0.4 is 10.6 Å². The molecule has 0 aliphatic heterocycles. The van der Waals surface area contributed by atoms with E-state index in [4.69, 9.17) is 0 Å². The summed E-state index contributed by atoms with van der Waals surface area (Å²) >= 11 is 0. The van der Waals surface area contributed by atoms with E-state index in [9.17, 15) is 4.79 Å². The van der Waals surface area contributed by atoms with E-state index in [1.54, 1.807) is 6.20 Å². The number of anilines is 1. The van der Waals surface area contributed by atoms with Gasteiger partial charge in [0.2, 0.25) is 0 Å². The fourth-order valence-electron chi connectivity index (χ4n) is 3.19. The molecule has 4 rings (SSSR count). The number of urea groups is 1. The maximum atomic E-state index is 12.0. The molecule has 2 N–H and O–H groups in total. The minimum absolute atomic E-state index is 0.237. The molecule has 6 heteroatoms. The van der Waals surface area contributed by atoms with Gasteiger partial charge in [-0.3, -0.25) is 9.97 Å². The molecule has 0 saturated heterocycles. The van der Waals surface area contributed by atoms with Gasteiger partial charge in [0, 0.05) is 49.0 Å². The van der Waals surface area contributed by atoms with Crippen molar-refractivity contribution in [3.8, 4) is 11.1 Å². The maximum absolute atomic E-state index is 12.0. The van der Waals surface area contributed by atoms with E-state index in [1.165, 1.54) is 5.56 Å². The van der Waals surface area contributed by atoms with Gasteiger partial charge in [0.1, 0.15) is 5.52 Å². The van der Waals surface area contributed by atoms with Crippen LogP contribution in [0, 0.1) is 0 Å². The second-order valence-electron chi connectivity index (χ2n) is 6.47. The van der Waals surface area contributed by atoms with E-state index in [-0.39, 0.29) is 6.03 Å². The molecule has 2 amide bonds. The summed E-state index contributed by atoms with van der Waals surface area (Å²) in [5.74, 6) is 0. The first-order valence-corrected chi connectivity index (χ1v) is 9.22. The number of fused-ring (bicyclic) bond motifs is 1. The third-order valence-corrected chi connectivity index (χ3v) is 4.49. The molecule has 0 bridgehead atoms. The molecule has 0 radical (unpaired) electrons. The van der Waals surface area contributed by atoms with Crippen LogP contribution >= 0.6 is 0 Å². The summed E-state index contributed by atoms with van der Waals surface area (Å²) in [6.45, 7) is 3.14. The van der Waals surface area contributed by atoms with E-state index < -0.39 is 0 Å². The van der Waals surface area contributed by atoms with Crippen molar-refractivity contribution >= 4 is 22.8 Å². The lowest BCUT2D eigenvalue weighted by Gasteiger charge is -2.07. The van der Waals surface area contributed by atoms with Crippen molar-refractivity contribution in [3.63, 3.8) is 0 Å². The largest absolute Gasteiger partial charge is 0.340 e. The lowest BCUT2D eigenvalue weighted by molar-refractivity contribution is 0.252. The monoisotopic (exact) mass is 371 g/mol. The molecule has 3 aromatic heterocycles. The van der Waals surface area contributed by atoms with Crippen LogP contribution in [0.4, 0.5) is 10.5 Å². The van der Waals surface area contributed by atoms with Crippen LogP contribution in [0.25, 0.3) is 22.2 Å². The van der Waals surface area contributed by atoms with Gasteiger partial charge in [-0.25, -0.2) is 4.79 Å². The number of rotatable bonds is 5. The van der Waals surface area contributed by atoms with Gasteiger partial charge in [-0.2, -0.15) is 0 Å². The lowest BCUT2D eigenvalue weighted by Crippen LogP contribution is -2.28. The number of nitrogens with one attached hydrogen (secondary N) is 2. The molecule has 0 aliphatic rings. The van der Waals surface area contributed by atoms with Crippen molar-refractivity contribution in [1.82, 2.24) is 19.9 Å². The van der Waals surface area contributed by atoms with Crippen molar-refractivity contribution in [1.29, 1.82) is 0 Å². The number of hydrogen-bond donors (Lipinski definition) is 2. The van der Waals surface area contributed by atoms with Crippen LogP contribution in [0.15, 0.2) is 73.3 Å². The van der Waals surface area contributed by atoms with E-state index in [0.717, 1.165) is 22.2 Å². The van der Waals surface area contributed by atoms with Gasteiger partial charge < -0.3 is 15.2 Å². The minimum atomic E-state index is -0.237. The normalized spacial score (nSPS) is 10.8. The quantitative estimate of drug-likeness (QED) is 0.550. The summed E-state index contributed by atoms with van der Waals surface area (Å²) < 4.78 is 2.11. The van der Waals surface area contributed by atoms with Crippen molar-refractivity contribution < 1.29 is 4.79 Å². The summed E-state index contributed by atoms with van der Waals surface area (Å²) in [5, 5.41) is 5.67. The molecular weight excluding hydrogens is 350 g/mol. The number of benzene rings is 1. The number of pyridine rings is 2. The summed E-state index contributed by atoms with van der Waals surface area (Å²) in [4.78, 5) is 20.9. The number of hydrogen-bond acceptors (Lipinski definition) is 3. The first-order valence-electron chi connectivity index (χ1n) is 9.22. The lowest BCUT2D eigenvalue weighted by atomic mass is 10.1. The Morgan fingerprint density at radius 3 is 2.68 bits per heavy atom. The van der Waals surface area contributed by atoms with Gasteiger partial charge in [0.05, 0.1) is 11.2 Å². The Hall–Kier alpha value is -3.67. The fourth-order valence-corrected chi connectivity index (χ4v) is 3.19. The first-order chi connectivity index (χ1) is 13.7. The van der Waals surface area contributed by atoms with Crippen LogP contribution in [-0.4, -0.2) is 27.1 Å². The fraction of sp³-hybridized carbons (Fsp3) is 0.136. The third kappa shape index (κ3) is 3.71. The number of carbonyl (C=O) groups is 1. The molecule has 1 aromatic carbocycles. The highest BCUT2D eigenvalue weighted by molar-refractivity contribution is 6.00. The molecule has 4 aromatic rings. The number of amides is 2. The van der Waals surface area contributed by atoms with Gasteiger partial charge in [0.15, 0.2) is 0 Å². The molecule has 0 atom stereocenters. The van der Waals surface area contributed by atoms with Crippen molar-refractivity contribution in [2.24, 2.45) is 0 Å². The third-order valence-electron chi connectivity index (χ3n) is 4.49. The zero-order chi connectivity index (χ0) is 19.3. The predicted molar refractivity (Wildman–Crippen MR) is 111 cm³/mol. The molecule has 140 valence electrons. The Balaban J connectivity index is 1.79. The molecule has 0 unspecified atom stereocenters.